The monoisotopic (exact) mass is 285 g/mol. The van der Waals surface area contributed by atoms with Crippen molar-refractivity contribution in [3.05, 3.63) is 46.2 Å². The molecule has 102 valence electrons. The number of hydrogen-bond donors (Lipinski definition) is 0. The van der Waals surface area contributed by atoms with Gasteiger partial charge < -0.3 is 4.57 Å². The molecule has 0 saturated carbocycles. The van der Waals surface area contributed by atoms with Crippen LogP contribution >= 0.6 is 11.3 Å². The van der Waals surface area contributed by atoms with Crippen LogP contribution in [0.5, 0.6) is 0 Å². The second-order valence-corrected chi connectivity index (χ2v) is 5.63. The third-order valence-electron chi connectivity index (χ3n) is 3.19. The summed E-state index contributed by atoms with van der Waals surface area (Å²) in [5.74, 6) is 0. The summed E-state index contributed by atoms with van der Waals surface area (Å²) in [6.45, 7) is 2.81. The summed E-state index contributed by atoms with van der Waals surface area (Å²) < 4.78 is 1.99. The van der Waals surface area contributed by atoms with E-state index in [-0.39, 0.29) is 0 Å². The highest BCUT2D eigenvalue weighted by atomic mass is 32.1. The summed E-state index contributed by atoms with van der Waals surface area (Å²) in [6.07, 6.45) is 6.61. The van der Waals surface area contributed by atoms with Crippen molar-refractivity contribution in [1.82, 2.24) is 14.5 Å². The number of hydrogen-bond acceptors (Lipinski definition) is 4. The largest absolute Gasteiger partial charge is 0.326 e. The Morgan fingerprint density at radius 3 is 3.15 bits per heavy atom. The van der Waals surface area contributed by atoms with Crippen LogP contribution in [0.2, 0.25) is 0 Å². The van der Waals surface area contributed by atoms with Crippen LogP contribution in [-0.4, -0.2) is 20.8 Å². The van der Waals surface area contributed by atoms with Crippen LogP contribution < -0.4 is 0 Å². The molecule has 5 heteroatoms. The molecule has 0 saturated heterocycles. The Morgan fingerprint density at radius 1 is 1.45 bits per heavy atom. The molecule has 0 atom stereocenters. The second-order valence-electron chi connectivity index (χ2n) is 4.69. The molecule has 0 aliphatic rings. The number of fused-ring (bicyclic) bond motifs is 1. The summed E-state index contributed by atoms with van der Waals surface area (Å²) in [5, 5.41) is 4.15. The van der Waals surface area contributed by atoms with Crippen molar-refractivity contribution in [2.75, 3.05) is 0 Å². The molecule has 0 amide bonds. The number of aldehydes is 1. The van der Waals surface area contributed by atoms with Crippen molar-refractivity contribution in [3.63, 3.8) is 0 Å². The first-order valence-corrected chi connectivity index (χ1v) is 7.52. The molecule has 3 rings (SSSR count). The Morgan fingerprint density at radius 2 is 2.35 bits per heavy atom. The lowest BCUT2D eigenvalue weighted by atomic mass is 10.2. The molecule has 0 unspecified atom stereocenters. The average molecular weight is 285 g/mol. The van der Waals surface area contributed by atoms with Gasteiger partial charge in [0.15, 0.2) is 6.29 Å². The summed E-state index contributed by atoms with van der Waals surface area (Å²) in [4.78, 5) is 20.1. The molecule has 0 fully saturated rings. The van der Waals surface area contributed by atoms with Gasteiger partial charge in [-0.3, -0.25) is 4.79 Å². The maximum Gasteiger partial charge on any atom is 0.152 e. The standard InChI is InChI=1S/C15H15N3OS/c1-2-4-14-17-12(10-20-14)8-18-7-11(9-19)13-5-3-6-16-15(13)18/h3,5-7,9-10H,2,4,8H2,1H3. The van der Waals surface area contributed by atoms with Crippen molar-refractivity contribution in [2.24, 2.45) is 0 Å². The molecule has 0 aliphatic carbocycles. The molecule has 0 aromatic carbocycles. The van der Waals surface area contributed by atoms with Gasteiger partial charge in [0, 0.05) is 28.7 Å². The van der Waals surface area contributed by atoms with E-state index in [0.29, 0.717) is 12.1 Å². The number of thiazole rings is 1. The topological polar surface area (TPSA) is 47.8 Å². The zero-order valence-corrected chi connectivity index (χ0v) is 12.1. The molecule has 3 aromatic rings. The number of rotatable bonds is 5. The first-order valence-electron chi connectivity index (χ1n) is 6.64. The quantitative estimate of drug-likeness (QED) is 0.676. The lowest BCUT2D eigenvalue weighted by Crippen LogP contribution is -1.99. The van der Waals surface area contributed by atoms with Gasteiger partial charge >= 0.3 is 0 Å². The minimum atomic E-state index is 0.654. The normalized spacial score (nSPS) is 11.1. The molecule has 3 heterocycles. The van der Waals surface area contributed by atoms with Gasteiger partial charge in [0.05, 0.1) is 17.2 Å². The van der Waals surface area contributed by atoms with Crippen molar-refractivity contribution >= 4 is 28.7 Å². The number of carbonyl (C=O) groups is 1. The molecule has 3 aromatic heterocycles. The summed E-state index contributed by atoms with van der Waals surface area (Å²) in [5.41, 5.74) is 2.54. The molecule has 4 nitrogen and oxygen atoms in total. The molecular formula is C15H15N3OS. The van der Waals surface area contributed by atoms with E-state index in [1.165, 1.54) is 5.01 Å². The van der Waals surface area contributed by atoms with Gasteiger partial charge in [-0.05, 0) is 25.0 Å². The Bertz CT molecular complexity index is 744. The van der Waals surface area contributed by atoms with E-state index in [1.807, 2.05) is 22.9 Å². The highest BCUT2D eigenvalue weighted by Gasteiger charge is 2.10. The minimum Gasteiger partial charge on any atom is -0.326 e. The van der Waals surface area contributed by atoms with E-state index in [2.05, 4.69) is 22.3 Å². The van der Waals surface area contributed by atoms with Crippen LogP contribution in [0.3, 0.4) is 0 Å². The van der Waals surface area contributed by atoms with Gasteiger partial charge in [0.1, 0.15) is 5.65 Å². The number of aromatic nitrogens is 3. The van der Waals surface area contributed by atoms with E-state index >= 15 is 0 Å². The first-order chi connectivity index (χ1) is 9.81. The predicted octanol–water partition coefficient (Wildman–Crippen LogP) is 3.31. The third-order valence-corrected chi connectivity index (χ3v) is 4.14. The summed E-state index contributed by atoms with van der Waals surface area (Å²) >= 11 is 1.70. The second kappa shape index (κ2) is 5.54. The maximum atomic E-state index is 11.1. The predicted molar refractivity (Wildman–Crippen MR) is 80.3 cm³/mol. The van der Waals surface area contributed by atoms with Crippen LogP contribution in [0.25, 0.3) is 11.0 Å². The zero-order chi connectivity index (χ0) is 13.9. The fourth-order valence-corrected chi connectivity index (χ4v) is 3.18. The molecule has 20 heavy (non-hydrogen) atoms. The number of carbonyl (C=O) groups excluding carboxylic acids is 1. The first kappa shape index (κ1) is 13.0. The summed E-state index contributed by atoms with van der Waals surface area (Å²) in [6, 6.07) is 3.77. The Kier molecular flexibility index (Phi) is 3.60. The number of pyridine rings is 1. The van der Waals surface area contributed by atoms with E-state index in [0.717, 1.165) is 35.9 Å². The average Bonchev–Trinajstić information content (AvgIpc) is 3.05. The van der Waals surface area contributed by atoms with Crippen LogP contribution in [0, 0.1) is 0 Å². The van der Waals surface area contributed by atoms with E-state index in [9.17, 15) is 4.79 Å². The molecule has 0 bridgehead atoms. The smallest absolute Gasteiger partial charge is 0.152 e. The van der Waals surface area contributed by atoms with Crippen LogP contribution in [0.4, 0.5) is 0 Å². The van der Waals surface area contributed by atoms with E-state index < -0.39 is 0 Å². The maximum absolute atomic E-state index is 11.1. The highest BCUT2D eigenvalue weighted by Crippen LogP contribution is 2.20. The lowest BCUT2D eigenvalue weighted by molar-refractivity contribution is 0.112. The van der Waals surface area contributed by atoms with Crippen molar-refractivity contribution < 1.29 is 4.79 Å². The number of aryl methyl sites for hydroxylation is 1. The Balaban J connectivity index is 1.95. The van der Waals surface area contributed by atoms with E-state index in [1.54, 1.807) is 17.5 Å². The zero-order valence-electron chi connectivity index (χ0n) is 11.2. The highest BCUT2D eigenvalue weighted by molar-refractivity contribution is 7.09. The van der Waals surface area contributed by atoms with Crippen molar-refractivity contribution in [2.45, 2.75) is 26.3 Å². The van der Waals surface area contributed by atoms with Gasteiger partial charge in [-0.1, -0.05) is 6.92 Å². The van der Waals surface area contributed by atoms with Gasteiger partial charge in [-0.25, -0.2) is 9.97 Å². The summed E-state index contributed by atoms with van der Waals surface area (Å²) in [7, 11) is 0. The van der Waals surface area contributed by atoms with Crippen LogP contribution in [0.1, 0.15) is 34.4 Å². The number of nitrogens with zero attached hydrogens (tertiary/aromatic N) is 3. The molecule has 0 radical (unpaired) electrons. The van der Waals surface area contributed by atoms with Gasteiger partial charge in [-0.15, -0.1) is 11.3 Å². The Labute approximate surface area is 121 Å². The van der Waals surface area contributed by atoms with Crippen LogP contribution in [0.15, 0.2) is 29.9 Å². The molecule has 0 aliphatic heterocycles. The lowest BCUT2D eigenvalue weighted by Gasteiger charge is -2.01. The molecular weight excluding hydrogens is 270 g/mol. The van der Waals surface area contributed by atoms with Gasteiger partial charge in [-0.2, -0.15) is 0 Å². The van der Waals surface area contributed by atoms with Gasteiger partial charge in [0.2, 0.25) is 0 Å². The third kappa shape index (κ3) is 2.36. The Hall–Kier alpha value is -2.01. The van der Waals surface area contributed by atoms with Crippen molar-refractivity contribution in [3.8, 4) is 0 Å². The van der Waals surface area contributed by atoms with E-state index in [4.69, 9.17) is 0 Å². The fourth-order valence-electron chi connectivity index (χ4n) is 2.29. The van der Waals surface area contributed by atoms with Gasteiger partial charge in [0.25, 0.3) is 0 Å². The molecule has 0 spiro atoms. The van der Waals surface area contributed by atoms with Crippen LogP contribution in [-0.2, 0) is 13.0 Å². The minimum absolute atomic E-state index is 0.654. The molecule has 0 N–H and O–H groups in total. The fraction of sp³-hybridized carbons (Fsp3) is 0.267. The van der Waals surface area contributed by atoms with Crippen molar-refractivity contribution in [1.29, 1.82) is 0 Å². The SMILES string of the molecule is CCCc1nc(Cn2cc(C=O)c3cccnc32)cs1.